The number of nitrogens with one attached hydrogen (secondary N) is 1. The summed E-state index contributed by atoms with van der Waals surface area (Å²) >= 11 is 1.57. The number of likely N-dealkylation sites (tertiary alicyclic amines) is 1. The summed E-state index contributed by atoms with van der Waals surface area (Å²) in [5.41, 5.74) is 0.625. The molecule has 0 aliphatic carbocycles. The van der Waals surface area contributed by atoms with Crippen molar-refractivity contribution in [1.82, 2.24) is 15.2 Å². The van der Waals surface area contributed by atoms with Gasteiger partial charge in [0.2, 0.25) is 5.91 Å². The molecule has 6 heteroatoms. The van der Waals surface area contributed by atoms with Crippen molar-refractivity contribution in [3.63, 3.8) is 0 Å². The molecule has 0 aromatic carbocycles. The SMILES string of the molecule is CS[C@H](C)C(=O)N1CCC(NC(=O)c2ccncc2)CC1. The maximum atomic E-state index is 12.1. The van der Waals surface area contributed by atoms with Gasteiger partial charge in [0.1, 0.15) is 0 Å². The molecule has 1 saturated heterocycles. The first-order valence-electron chi connectivity index (χ1n) is 7.14. The zero-order chi connectivity index (χ0) is 15.2. The van der Waals surface area contributed by atoms with Crippen molar-refractivity contribution in [2.24, 2.45) is 0 Å². The lowest BCUT2D eigenvalue weighted by Crippen LogP contribution is -2.48. The summed E-state index contributed by atoms with van der Waals surface area (Å²) in [5.74, 6) is 0.126. The van der Waals surface area contributed by atoms with E-state index in [-0.39, 0.29) is 23.1 Å². The molecule has 1 aliphatic rings. The Labute approximate surface area is 129 Å². The molecular formula is C15H21N3O2S. The minimum absolute atomic E-state index is 0.00737. The molecule has 5 nitrogen and oxygen atoms in total. The number of amides is 2. The summed E-state index contributed by atoms with van der Waals surface area (Å²) < 4.78 is 0. The van der Waals surface area contributed by atoms with Gasteiger partial charge >= 0.3 is 0 Å². The predicted molar refractivity (Wildman–Crippen MR) is 84.3 cm³/mol. The van der Waals surface area contributed by atoms with Gasteiger partial charge in [0, 0.05) is 37.1 Å². The summed E-state index contributed by atoms with van der Waals surface area (Å²) in [6.45, 7) is 3.36. The first kappa shape index (κ1) is 15.8. The lowest BCUT2D eigenvalue weighted by Gasteiger charge is -2.33. The molecule has 1 aliphatic heterocycles. The number of hydrogen-bond donors (Lipinski definition) is 1. The van der Waals surface area contributed by atoms with E-state index in [1.165, 1.54) is 0 Å². The van der Waals surface area contributed by atoms with Crippen LogP contribution in [0.15, 0.2) is 24.5 Å². The number of thioether (sulfide) groups is 1. The molecule has 2 amide bonds. The molecule has 0 spiro atoms. The van der Waals surface area contributed by atoms with E-state index in [4.69, 9.17) is 0 Å². The van der Waals surface area contributed by atoms with E-state index in [1.807, 2.05) is 18.1 Å². The van der Waals surface area contributed by atoms with Gasteiger partial charge in [0.15, 0.2) is 0 Å². The Balaban J connectivity index is 1.82. The van der Waals surface area contributed by atoms with Crippen LogP contribution in [0.4, 0.5) is 0 Å². The van der Waals surface area contributed by atoms with Crippen LogP contribution in [0.25, 0.3) is 0 Å². The van der Waals surface area contributed by atoms with Gasteiger partial charge in [-0.25, -0.2) is 0 Å². The molecule has 21 heavy (non-hydrogen) atoms. The van der Waals surface area contributed by atoms with Crippen molar-refractivity contribution in [3.05, 3.63) is 30.1 Å². The van der Waals surface area contributed by atoms with Crippen LogP contribution in [0.3, 0.4) is 0 Å². The lowest BCUT2D eigenvalue weighted by atomic mass is 10.0. The van der Waals surface area contributed by atoms with Crippen LogP contribution in [0, 0.1) is 0 Å². The Kier molecular flexibility index (Phi) is 5.61. The number of rotatable bonds is 4. The smallest absolute Gasteiger partial charge is 0.251 e. The summed E-state index contributed by atoms with van der Waals surface area (Å²) in [6.07, 6.45) is 6.79. The van der Waals surface area contributed by atoms with Crippen LogP contribution in [0.1, 0.15) is 30.1 Å². The van der Waals surface area contributed by atoms with Crippen molar-refractivity contribution >= 4 is 23.6 Å². The number of nitrogens with zero attached hydrogens (tertiary/aromatic N) is 2. The van der Waals surface area contributed by atoms with Crippen molar-refractivity contribution in [3.8, 4) is 0 Å². The molecular weight excluding hydrogens is 286 g/mol. The quantitative estimate of drug-likeness (QED) is 0.917. The molecule has 1 aromatic heterocycles. The third kappa shape index (κ3) is 4.20. The van der Waals surface area contributed by atoms with Gasteiger partial charge in [-0.15, -0.1) is 0 Å². The Morgan fingerprint density at radius 2 is 1.95 bits per heavy atom. The standard InChI is InChI=1S/C15H21N3O2S/c1-11(21-2)15(20)18-9-5-13(6-10-18)17-14(19)12-3-7-16-8-4-12/h3-4,7-8,11,13H,5-6,9-10H2,1-2H3,(H,17,19)/t11-/m1/s1. The second-order valence-corrected chi connectivity index (χ2v) is 6.37. The highest BCUT2D eigenvalue weighted by Gasteiger charge is 2.26. The second kappa shape index (κ2) is 7.45. The third-order valence-corrected chi connectivity index (χ3v) is 4.69. The van der Waals surface area contributed by atoms with Gasteiger partial charge < -0.3 is 10.2 Å². The van der Waals surface area contributed by atoms with Crippen LogP contribution < -0.4 is 5.32 Å². The Morgan fingerprint density at radius 1 is 1.33 bits per heavy atom. The van der Waals surface area contributed by atoms with E-state index >= 15 is 0 Å². The number of piperidine rings is 1. The maximum absolute atomic E-state index is 12.1. The van der Waals surface area contributed by atoms with Gasteiger partial charge in [0.05, 0.1) is 5.25 Å². The molecule has 1 fully saturated rings. The van der Waals surface area contributed by atoms with E-state index in [2.05, 4.69) is 10.3 Å². The molecule has 1 atom stereocenters. The zero-order valence-corrected chi connectivity index (χ0v) is 13.2. The molecule has 2 heterocycles. The molecule has 114 valence electrons. The van der Waals surface area contributed by atoms with Gasteiger partial charge in [0.25, 0.3) is 5.91 Å². The first-order valence-corrected chi connectivity index (χ1v) is 8.43. The predicted octanol–water partition coefficient (Wildman–Crippen LogP) is 1.55. The fourth-order valence-electron chi connectivity index (χ4n) is 2.37. The van der Waals surface area contributed by atoms with E-state index < -0.39 is 0 Å². The number of carbonyl (C=O) groups excluding carboxylic acids is 2. The van der Waals surface area contributed by atoms with Crippen molar-refractivity contribution < 1.29 is 9.59 Å². The monoisotopic (exact) mass is 307 g/mol. The van der Waals surface area contributed by atoms with Crippen molar-refractivity contribution in [1.29, 1.82) is 0 Å². The van der Waals surface area contributed by atoms with Crippen LogP contribution in [-0.4, -0.2) is 52.3 Å². The molecule has 0 saturated carbocycles. The van der Waals surface area contributed by atoms with E-state index in [0.717, 1.165) is 12.8 Å². The van der Waals surface area contributed by atoms with Gasteiger partial charge in [-0.2, -0.15) is 11.8 Å². The Morgan fingerprint density at radius 3 is 2.52 bits per heavy atom. The number of carbonyl (C=O) groups is 2. The third-order valence-electron chi connectivity index (χ3n) is 3.79. The Bertz CT molecular complexity index is 487. The molecule has 0 bridgehead atoms. The van der Waals surface area contributed by atoms with Crippen LogP contribution in [0.5, 0.6) is 0 Å². The normalized spacial score (nSPS) is 17.3. The first-order chi connectivity index (χ1) is 10.1. The summed E-state index contributed by atoms with van der Waals surface area (Å²) in [4.78, 5) is 30.0. The minimum Gasteiger partial charge on any atom is -0.349 e. The number of pyridine rings is 1. The summed E-state index contributed by atoms with van der Waals surface area (Å²) in [6, 6.07) is 3.54. The second-order valence-electron chi connectivity index (χ2n) is 5.19. The Hall–Kier alpha value is -1.56. The maximum Gasteiger partial charge on any atom is 0.251 e. The number of hydrogen-bond acceptors (Lipinski definition) is 4. The fourth-order valence-corrected chi connectivity index (χ4v) is 2.72. The van der Waals surface area contributed by atoms with Gasteiger partial charge in [-0.1, -0.05) is 0 Å². The highest BCUT2D eigenvalue weighted by molar-refractivity contribution is 7.99. The topological polar surface area (TPSA) is 62.3 Å². The average molecular weight is 307 g/mol. The minimum atomic E-state index is -0.0698. The van der Waals surface area contributed by atoms with Gasteiger partial charge in [-0.3, -0.25) is 14.6 Å². The molecule has 1 N–H and O–H groups in total. The van der Waals surface area contributed by atoms with E-state index in [1.54, 1.807) is 36.3 Å². The highest BCUT2D eigenvalue weighted by atomic mass is 32.2. The zero-order valence-electron chi connectivity index (χ0n) is 12.4. The van der Waals surface area contributed by atoms with Crippen LogP contribution in [-0.2, 0) is 4.79 Å². The highest BCUT2D eigenvalue weighted by Crippen LogP contribution is 2.16. The van der Waals surface area contributed by atoms with Crippen molar-refractivity contribution in [2.75, 3.05) is 19.3 Å². The number of aromatic nitrogens is 1. The van der Waals surface area contributed by atoms with Gasteiger partial charge in [-0.05, 0) is 38.2 Å². The molecule has 0 unspecified atom stereocenters. The van der Waals surface area contributed by atoms with Crippen LogP contribution >= 0.6 is 11.8 Å². The lowest BCUT2D eigenvalue weighted by molar-refractivity contribution is -0.131. The average Bonchev–Trinajstić information content (AvgIpc) is 2.55. The summed E-state index contributed by atoms with van der Waals surface area (Å²) in [7, 11) is 0. The molecule has 2 rings (SSSR count). The largest absolute Gasteiger partial charge is 0.349 e. The van der Waals surface area contributed by atoms with E-state index in [9.17, 15) is 9.59 Å². The van der Waals surface area contributed by atoms with Crippen LogP contribution in [0.2, 0.25) is 0 Å². The molecule has 0 radical (unpaired) electrons. The van der Waals surface area contributed by atoms with E-state index in [0.29, 0.717) is 18.7 Å². The fraction of sp³-hybridized carbons (Fsp3) is 0.533. The molecule has 1 aromatic rings. The van der Waals surface area contributed by atoms with Crippen molar-refractivity contribution in [2.45, 2.75) is 31.1 Å². The summed E-state index contributed by atoms with van der Waals surface area (Å²) in [5, 5.41) is 3.04.